The van der Waals surface area contributed by atoms with Crippen LogP contribution in [0.3, 0.4) is 0 Å². The molecule has 1 unspecified atom stereocenters. The zero-order valence-corrected chi connectivity index (χ0v) is 8.45. The largest absolute Gasteiger partial charge is 0.393 e. The van der Waals surface area contributed by atoms with Gasteiger partial charge in [0.2, 0.25) is 0 Å². The molecule has 74 valence electrons. The highest BCUT2D eigenvalue weighted by Crippen LogP contribution is 2.20. The lowest BCUT2D eigenvalue weighted by Gasteiger charge is -2.25. The lowest BCUT2D eigenvalue weighted by Crippen LogP contribution is -2.30. The average molecular weight is 174 g/mol. The molecule has 0 saturated heterocycles. The van der Waals surface area contributed by atoms with E-state index in [2.05, 4.69) is 6.92 Å². The Morgan fingerprint density at radius 3 is 1.58 bits per heavy atom. The van der Waals surface area contributed by atoms with Crippen molar-refractivity contribution in [2.24, 2.45) is 5.92 Å². The number of hydrogen-bond acceptors (Lipinski definition) is 2. The van der Waals surface area contributed by atoms with Gasteiger partial charge >= 0.3 is 0 Å². The molecule has 2 heteroatoms. The minimum Gasteiger partial charge on any atom is -0.393 e. The van der Waals surface area contributed by atoms with Crippen molar-refractivity contribution in [3.63, 3.8) is 0 Å². The van der Waals surface area contributed by atoms with Crippen molar-refractivity contribution in [3.8, 4) is 0 Å². The van der Waals surface area contributed by atoms with Crippen molar-refractivity contribution in [2.75, 3.05) is 0 Å². The Hall–Kier alpha value is -0.0800. The molecule has 2 N–H and O–H groups in total. The van der Waals surface area contributed by atoms with Crippen LogP contribution >= 0.6 is 0 Å². The van der Waals surface area contributed by atoms with Crippen molar-refractivity contribution >= 4 is 0 Å². The Bertz CT molecular complexity index is 94.0. The smallest absolute Gasteiger partial charge is 0.0590 e. The number of aliphatic hydroxyl groups is 2. The fourth-order valence-corrected chi connectivity index (χ4v) is 1.58. The molecule has 0 amide bonds. The van der Waals surface area contributed by atoms with E-state index in [1.807, 2.05) is 13.8 Å². The van der Waals surface area contributed by atoms with Gasteiger partial charge in [-0.05, 0) is 19.3 Å². The quantitative estimate of drug-likeness (QED) is 0.646. The van der Waals surface area contributed by atoms with Crippen LogP contribution in [0.2, 0.25) is 0 Å². The predicted octanol–water partition coefficient (Wildman–Crippen LogP) is 1.94. The molecule has 12 heavy (non-hydrogen) atoms. The van der Waals surface area contributed by atoms with Crippen LogP contribution in [0, 0.1) is 5.92 Å². The first-order valence-corrected chi connectivity index (χ1v) is 5.03. The van der Waals surface area contributed by atoms with Crippen LogP contribution in [0.4, 0.5) is 0 Å². The molecule has 0 aromatic rings. The fraction of sp³-hybridized carbons (Fsp3) is 1.00. The van der Waals surface area contributed by atoms with Crippen molar-refractivity contribution in [1.29, 1.82) is 0 Å². The molecular weight excluding hydrogens is 152 g/mol. The van der Waals surface area contributed by atoms with E-state index < -0.39 is 0 Å². The van der Waals surface area contributed by atoms with E-state index in [0.717, 1.165) is 25.7 Å². The minimum absolute atomic E-state index is 0.0741. The molecule has 2 nitrogen and oxygen atoms in total. The molecule has 0 fully saturated rings. The van der Waals surface area contributed by atoms with Crippen LogP contribution < -0.4 is 0 Å². The molecule has 0 aliphatic rings. The van der Waals surface area contributed by atoms with E-state index >= 15 is 0 Å². The van der Waals surface area contributed by atoms with Gasteiger partial charge in [0.25, 0.3) is 0 Å². The highest BCUT2D eigenvalue weighted by molar-refractivity contribution is 4.73. The maximum atomic E-state index is 9.59. The summed E-state index contributed by atoms with van der Waals surface area (Å²) < 4.78 is 0. The van der Waals surface area contributed by atoms with Gasteiger partial charge in [-0.1, -0.05) is 27.2 Å². The summed E-state index contributed by atoms with van der Waals surface area (Å²) in [6, 6.07) is 0. The van der Waals surface area contributed by atoms with Gasteiger partial charge < -0.3 is 10.2 Å². The Balaban J connectivity index is 4.01. The maximum Gasteiger partial charge on any atom is 0.0590 e. The molecule has 0 heterocycles. The molecule has 0 bridgehead atoms. The van der Waals surface area contributed by atoms with Crippen molar-refractivity contribution in [2.45, 2.75) is 58.7 Å². The SMILES string of the molecule is CCCC([C@H](O)CC)[C@@H](O)CC. The zero-order chi connectivity index (χ0) is 9.56. The minimum atomic E-state index is -0.333. The Labute approximate surface area is 75.6 Å². The lowest BCUT2D eigenvalue weighted by atomic mass is 9.89. The molecule has 0 aromatic carbocycles. The molecule has 3 atom stereocenters. The van der Waals surface area contributed by atoms with E-state index in [1.165, 1.54) is 0 Å². The summed E-state index contributed by atoms with van der Waals surface area (Å²) >= 11 is 0. The van der Waals surface area contributed by atoms with E-state index in [-0.39, 0.29) is 18.1 Å². The standard InChI is InChI=1S/C10H22O2/c1-4-7-8(9(11)5-2)10(12)6-3/h8-12H,4-7H2,1-3H3/t8?,9-,10+. The highest BCUT2D eigenvalue weighted by Gasteiger charge is 2.23. The average Bonchev–Trinajstić information content (AvgIpc) is 2.11. The summed E-state index contributed by atoms with van der Waals surface area (Å²) in [6.07, 6.45) is 2.76. The molecule has 0 spiro atoms. The van der Waals surface area contributed by atoms with Gasteiger partial charge in [0.15, 0.2) is 0 Å². The Morgan fingerprint density at radius 2 is 1.33 bits per heavy atom. The lowest BCUT2D eigenvalue weighted by molar-refractivity contribution is 0.00434. The number of rotatable bonds is 6. The second kappa shape index (κ2) is 6.44. The second-order valence-corrected chi connectivity index (χ2v) is 3.40. The van der Waals surface area contributed by atoms with E-state index in [1.54, 1.807) is 0 Å². The van der Waals surface area contributed by atoms with E-state index in [0.29, 0.717) is 0 Å². The first kappa shape index (κ1) is 11.9. The first-order chi connectivity index (χ1) is 5.67. The third kappa shape index (κ3) is 3.55. The van der Waals surface area contributed by atoms with Gasteiger partial charge in [0.05, 0.1) is 12.2 Å². The van der Waals surface area contributed by atoms with Crippen molar-refractivity contribution in [3.05, 3.63) is 0 Å². The van der Waals surface area contributed by atoms with Gasteiger partial charge in [-0.3, -0.25) is 0 Å². The van der Waals surface area contributed by atoms with Crippen LogP contribution in [0.15, 0.2) is 0 Å². The molecular formula is C10H22O2. The molecule has 0 aliphatic carbocycles. The molecule has 0 aromatic heterocycles. The molecule has 0 radical (unpaired) electrons. The van der Waals surface area contributed by atoms with Crippen LogP contribution in [-0.4, -0.2) is 22.4 Å². The molecule has 0 aliphatic heterocycles. The van der Waals surface area contributed by atoms with Crippen LogP contribution in [0.5, 0.6) is 0 Å². The van der Waals surface area contributed by atoms with E-state index in [9.17, 15) is 10.2 Å². The summed E-state index contributed by atoms with van der Waals surface area (Å²) in [5, 5.41) is 19.2. The Kier molecular flexibility index (Phi) is 6.39. The highest BCUT2D eigenvalue weighted by atomic mass is 16.3. The fourth-order valence-electron chi connectivity index (χ4n) is 1.58. The van der Waals surface area contributed by atoms with Gasteiger partial charge in [-0.25, -0.2) is 0 Å². The Morgan fingerprint density at radius 1 is 0.917 bits per heavy atom. The van der Waals surface area contributed by atoms with Crippen LogP contribution in [-0.2, 0) is 0 Å². The monoisotopic (exact) mass is 174 g/mol. The predicted molar refractivity (Wildman–Crippen MR) is 51.0 cm³/mol. The molecule has 0 saturated carbocycles. The number of aliphatic hydroxyl groups excluding tert-OH is 2. The maximum absolute atomic E-state index is 9.59. The second-order valence-electron chi connectivity index (χ2n) is 3.40. The van der Waals surface area contributed by atoms with Crippen molar-refractivity contribution < 1.29 is 10.2 Å². The third-order valence-corrected chi connectivity index (χ3v) is 2.45. The topological polar surface area (TPSA) is 40.5 Å². The van der Waals surface area contributed by atoms with Gasteiger partial charge in [-0.15, -0.1) is 0 Å². The van der Waals surface area contributed by atoms with Crippen LogP contribution in [0.25, 0.3) is 0 Å². The number of hydrogen-bond donors (Lipinski definition) is 2. The zero-order valence-electron chi connectivity index (χ0n) is 8.45. The van der Waals surface area contributed by atoms with Gasteiger partial charge in [0.1, 0.15) is 0 Å². The summed E-state index contributed by atoms with van der Waals surface area (Å²) in [7, 11) is 0. The summed E-state index contributed by atoms with van der Waals surface area (Å²) in [5.74, 6) is 0.0741. The molecule has 0 rings (SSSR count). The van der Waals surface area contributed by atoms with Crippen molar-refractivity contribution in [1.82, 2.24) is 0 Å². The normalized spacial score (nSPS) is 18.8. The van der Waals surface area contributed by atoms with Gasteiger partial charge in [0, 0.05) is 5.92 Å². The summed E-state index contributed by atoms with van der Waals surface area (Å²) in [4.78, 5) is 0. The van der Waals surface area contributed by atoms with Gasteiger partial charge in [-0.2, -0.15) is 0 Å². The summed E-state index contributed by atoms with van der Waals surface area (Å²) in [6.45, 7) is 5.99. The van der Waals surface area contributed by atoms with E-state index in [4.69, 9.17) is 0 Å². The first-order valence-electron chi connectivity index (χ1n) is 5.03. The third-order valence-electron chi connectivity index (χ3n) is 2.45. The summed E-state index contributed by atoms with van der Waals surface area (Å²) in [5.41, 5.74) is 0. The van der Waals surface area contributed by atoms with Crippen LogP contribution in [0.1, 0.15) is 46.5 Å².